The Morgan fingerprint density at radius 2 is 1.80 bits per heavy atom. The summed E-state index contributed by atoms with van der Waals surface area (Å²) in [6, 6.07) is 17.4. The molecule has 1 aliphatic heterocycles. The van der Waals surface area contributed by atoms with Crippen LogP contribution < -0.4 is 5.32 Å². The highest BCUT2D eigenvalue weighted by molar-refractivity contribution is 7.10. The molecule has 2 amide bonds. The molecule has 0 saturated carbocycles. The number of hydrogen-bond acceptors (Lipinski definition) is 3. The molecule has 4 nitrogen and oxygen atoms in total. The van der Waals surface area contributed by atoms with Crippen molar-refractivity contribution >= 4 is 28.8 Å². The minimum Gasteiger partial charge on any atom is -0.334 e. The molecule has 4 rings (SSSR count). The Bertz CT molecular complexity index is 1090. The number of anilines is 1. The minimum absolute atomic E-state index is 0.0165. The first-order valence-electron chi connectivity index (χ1n) is 10.2. The van der Waals surface area contributed by atoms with Gasteiger partial charge < -0.3 is 10.2 Å². The molecule has 0 saturated heterocycles. The van der Waals surface area contributed by atoms with Crippen LogP contribution in [0.2, 0.25) is 0 Å². The Kier molecular flexibility index (Phi) is 5.48. The van der Waals surface area contributed by atoms with E-state index in [-0.39, 0.29) is 11.8 Å². The number of rotatable bonds is 4. The highest BCUT2D eigenvalue weighted by Gasteiger charge is 2.30. The third-order valence-corrected chi connectivity index (χ3v) is 6.99. The Hall–Kier alpha value is -2.92. The zero-order chi connectivity index (χ0) is 21.3. The molecule has 5 heteroatoms. The fourth-order valence-corrected chi connectivity index (χ4v) is 4.75. The zero-order valence-electron chi connectivity index (χ0n) is 17.6. The molecule has 2 aromatic carbocycles. The fraction of sp³-hybridized carbons (Fsp3) is 0.280. The number of hydrogen-bond donors (Lipinski definition) is 1. The number of thiophene rings is 1. The van der Waals surface area contributed by atoms with E-state index in [0.717, 1.165) is 24.1 Å². The summed E-state index contributed by atoms with van der Waals surface area (Å²) in [5, 5.41) is 5.14. The van der Waals surface area contributed by atoms with Gasteiger partial charge in [-0.15, -0.1) is 11.3 Å². The van der Waals surface area contributed by atoms with E-state index in [1.54, 1.807) is 11.3 Å². The topological polar surface area (TPSA) is 49.4 Å². The first kappa shape index (κ1) is 20.4. The van der Waals surface area contributed by atoms with Crippen LogP contribution in [0.3, 0.4) is 0 Å². The molecule has 0 aliphatic carbocycles. The molecule has 30 heavy (non-hydrogen) atoms. The van der Waals surface area contributed by atoms with Crippen molar-refractivity contribution in [1.29, 1.82) is 0 Å². The Morgan fingerprint density at radius 1 is 1.03 bits per heavy atom. The van der Waals surface area contributed by atoms with E-state index in [2.05, 4.69) is 16.8 Å². The SMILES string of the molecule is Cc1c(NC(=O)C(C)(C)c2ccccc2)cccc1C(=O)N1CCc2sccc2C1. The molecule has 0 unspecified atom stereocenters. The summed E-state index contributed by atoms with van der Waals surface area (Å²) >= 11 is 1.76. The van der Waals surface area contributed by atoms with Crippen molar-refractivity contribution in [2.75, 3.05) is 11.9 Å². The third kappa shape index (κ3) is 3.77. The highest BCUT2D eigenvalue weighted by Crippen LogP contribution is 2.29. The fourth-order valence-electron chi connectivity index (χ4n) is 3.86. The van der Waals surface area contributed by atoms with Crippen LogP contribution in [0.15, 0.2) is 60.0 Å². The van der Waals surface area contributed by atoms with Gasteiger partial charge in [-0.2, -0.15) is 0 Å². The maximum absolute atomic E-state index is 13.2. The first-order valence-corrected chi connectivity index (χ1v) is 11.1. The first-order chi connectivity index (χ1) is 14.4. The van der Waals surface area contributed by atoms with Crippen molar-refractivity contribution in [2.45, 2.75) is 39.2 Å². The number of carbonyl (C=O) groups excluding carboxylic acids is 2. The van der Waals surface area contributed by atoms with Gasteiger partial charge in [0.2, 0.25) is 5.91 Å². The van der Waals surface area contributed by atoms with Gasteiger partial charge in [0.15, 0.2) is 0 Å². The van der Waals surface area contributed by atoms with Crippen molar-refractivity contribution < 1.29 is 9.59 Å². The number of fused-ring (bicyclic) bond motifs is 1. The lowest BCUT2D eigenvalue weighted by atomic mass is 9.83. The summed E-state index contributed by atoms with van der Waals surface area (Å²) in [5.41, 5.74) is 3.64. The van der Waals surface area contributed by atoms with Crippen LogP contribution in [0.4, 0.5) is 5.69 Å². The Balaban J connectivity index is 1.55. The summed E-state index contributed by atoms with van der Waals surface area (Å²) in [6.07, 6.45) is 0.902. The maximum Gasteiger partial charge on any atom is 0.254 e. The average molecular weight is 419 g/mol. The van der Waals surface area contributed by atoms with Gasteiger partial charge in [-0.3, -0.25) is 9.59 Å². The van der Waals surface area contributed by atoms with Crippen LogP contribution in [0.5, 0.6) is 0 Å². The normalized spacial score (nSPS) is 13.6. The Labute approximate surface area is 181 Å². The monoisotopic (exact) mass is 418 g/mol. The van der Waals surface area contributed by atoms with Crippen molar-refractivity contribution in [2.24, 2.45) is 0 Å². The summed E-state index contributed by atoms with van der Waals surface area (Å²) < 4.78 is 0. The molecular formula is C25H26N2O2S. The van der Waals surface area contributed by atoms with Crippen molar-refractivity contribution in [3.63, 3.8) is 0 Å². The van der Waals surface area contributed by atoms with Crippen molar-refractivity contribution in [1.82, 2.24) is 4.90 Å². The van der Waals surface area contributed by atoms with Gasteiger partial charge >= 0.3 is 0 Å². The third-order valence-electron chi connectivity index (χ3n) is 5.97. The van der Waals surface area contributed by atoms with Gasteiger partial charge in [-0.1, -0.05) is 36.4 Å². The van der Waals surface area contributed by atoms with E-state index in [9.17, 15) is 9.59 Å². The predicted octanol–water partition coefficient (Wildman–Crippen LogP) is 5.17. The number of benzene rings is 2. The van der Waals surface area contributed by atoms with Crippen LogP contribution in [0.1, 0.15) is 45.8 Å². The van der Waals surface area contributed by atoms with E-state index in [0.29, 0.717) is 17.8 Å². The van der Waals surface area contributed by atoms with Gasteiger partial charge in [0.05, 0.1) is 5.41 Å². The van der Waals surface area contributed by atoms with Crippen molar-refractivity contribution in [3.8, 4) is 0 Å². The van der Waals surface area contributed by atoms with Crippen LogP contribution in [0.25, 0.3) is 0 Å². The Morgan fingerprint density at radius 3 is 2.57 bits per heavy atom. The van der Waals surface area contributed by atoms with Gasteiger partial charge in [-0.05, 0) is 67.5 Å². The van der Waals surface area contributed by atoms with Crippen molar-refractivity contribution in [3.05, 3.63) is 87.1 Å². The molecule has 1 aromatic heterocycles. The van der Waals surface area contributed by atoms with Gasteiger partial charge in [0.1, 0.15) is 0 Å². The van der Waals surface area contributed by atoms with E-state index in [1.807, 2.05) is 74.2 Å². The second-order valence-corrected chi connectivity index (χ2v) is 9.27. The second-order valence-electron chi connectivity index (χ2n) is 8.27. The molecule has 0 atom stereocenters. The molecule has 0 fully saturated rings. The molecule has 3 aromatic rings. The van der Waals surface area contributed by atoms with Crippen LogP contribution in [0, 0.1) is 6.92 Å². The lowest BCUT2D eigenvalue weighted by molar-refractivity contribution is -0.120. The van der Waals surface area contributed by atoms with Gasteiger partial charge in [-0.25, -0.2) is 0 Å². The van der Waals surface area contributed by atoms with Gasteiger partial charge in [0.25, 0.3) is 5.91 Å². The van der Waals surface area contributed by atoms with E-state index < -0.39 is 5.41 Å². The molecule has 154 valence electrons. The van der Waals surface area contributed by atoms with E-state index in [1.165, 1.54) is 10.4 Å². The quantitative estimate of drug-likeness (QED) is 0.635. The number of carbonyl (C=O) groups is 2. The largest absolute Gasteiger partial charge is 0.334 e. The number of nitrogens with one attached hydrogen (secondary N) is 1. The molecular weight excluding hydrogens is 392 g/mol. The molecule has 0 radical (unpaired) electrons. The highest BCUT2D eigenvalue weighted by atomic mass is 32.1. The zero-order valence-corrected chi connectivity index (χ0v) is 18.4. The minimum atomic E-state index is -0.685. The van der Waals surface area contributed by atoms with Gasteiger partial charge in [0, 0.05) is 29.2 Å². The predicted molar refractivity (Wildman–Crippen MR) is 122 cm³/mol. The molecule has 1 aliphatic rings. The summed E-state index contributed by atoms with van der Waals surface area (Å²) in [4.78, 5) is 29.6. The maximum atomic E-state index is 13.2. The van der Waals surface area contributed by atoms with E-state index in [4.69, 9.17) is 0 Å². The van der Waals surface area contributed by atoms with Crippen LogP contribution in [-0.4, -0.2) is 23.3 Å². The summed E-state index contributed by atoms with van der Waals surface area (Å²) in [5.74, 6) is -0.0787. The second kappa shape index (κ2) is 8.07. The average Bonchev–Trinajstić information content (AvgIpc) is 3.23. The molecule has 0 bridgehead atoms. The van der Waals surface area contributed by atoms with Crippen LogP contribution in [-0.2, 0) is 23.2 Å². The lowest BCUT2D eigenvalue weighted by Gasteiger charge is -2.28. The van der Waals surface area contributed by atoms with Crippen LogP contribution >= 0.6 is 11.3 Å². The van der Waals surface area contributed by atoms with E-state index >= 15 is 0 Å². The molecule has 1 N–H and O–H groups in total. The summed E-state index contributed by atoms with van der Waals surface area (Å²) in [7, 11) is 0. The molecule has 2 heterocycles. The smallest absolute Gasteiger partial charge is 0.254 e. The lowest BCUT2D eigenvalue weighted by Crippen LogP contribution is -2.36. The molecule has 0 spiro atoms. The standard InChI is InChI=1S/C25H26N2O2S/c1-17-20(23(28)27-14-12-22-18(16-27)13-15-30-22)10-7-11-21(17)26-24(29)25(2,3)19-8-5-4-6-9-19/h4-11,13,15H,12,14,16H2,1-3H3,(H,26,29). The summed E-state index contributed by atoms with van der Waals surface area (Å²) in [6.45, 7) is 7.10. The number of nitrogens with zero attached hydrogens (tertiary/aromatic N) is 1. The number of amides is 2.